The number of nitrogens with one attached hydrogen (secondary N) is 1. The van der Waals surface area contributed by atoms with Crippen LogP contribution in [0, 0.1) is 5.82 Å². The highest BCUT2D eigenvalue weighted by atomic mass is 19.1. The lowest BCUT2D eigenvalue weighted by Gasteiger charge is -2.17. The number of nitrogens with two attached hydrogens (primary N) is 1. The highest BCUT2D eigenvalue weighted by Gasteiger charge is 2.18. The maximum Gasteiger partial charge on any atom is 0.138 e. The summed E-state index contributed by atoms with van der Waals surface area (Å²) in [7, 11) is 1.50. The summed E-state index contributed by atoms with van der Waals surface area (Å²) in [5, 5.41) is 4.16. The minimum absolute atomic E-state index is 0.362. The Balaban J connectivity index is 2.21. The number of halogens is 1. The third kappa shape index (κ3) is 3.56. The third-order valence-electron chi connectivity index (χ3n) is 3.30. The minimum atomic E-state index is -0.379. The molecule has 0 spiro atoms. The van der Waals surface area contributed by atoms with E-state index in [9.17, 15) is 4.39 Å². The van der Waals surface area contributed by atoms with Crippen LogP contribution in [0.2, 0.25) is 0 Å². The molecule has 2 rings (SSSR count). The number of hydrogen-bond acceptors (Lipinski definition) is 5. The Morgan fingerprint density at radius 3 is 2.90 bits per heavy atom. The van der Waals surface area contributed by atoms with Gasteiger partial charge in [-0.1, -0.05) is 13.0 Å². The van der Waals surface area contributed by atoms with Crippen LogP contribution in [0.15, 0.2) is 24.5 Å². The highest BCUT2D eigenvalue weighted by Crippen LogP contribution is 2.23. The molecule has 7 heteroatoms. The fourth-order valence-electron chi connectivity index (χ4n) is 2.20. The zero-order valence-corrected chi connectivity index (χ0v) is 12.2. The lowest BCUT2D eigenvalue weighted by molar-refractivity contribution is 0.408. The molecule has 0 aliphatic carbocycles. The number of nitrogens with zero attached hydrogens (tertiary/aromatic N) is 3. The first kappa shape index (κ1) is 15.4. The second kappa shape index (κ2) is 7.14. The van der Waals surface area contributed by atoms with Gasteiger partial charge in [0.2, 0.25) is 0 Å². The van der Waals surface area contributed by atoms with E-state index in [-0.39, 0.29) is 11.9 Å². The predicted molar refractivity (Wildman–Crippen MR) is 77.0 cm³/mol. The molecule has 21 heavy (non-hydrogen) atoms. The fourth-order valence-corrected chi connectivity index (χ4v) is 2.20. The van der Waals surface area contributed by atoms with E-state index in [0.29, 0.717) is 17.7 Å². The van der Waals surface area contributed by atoms with Crippen molar-refractivity contribution in [3.63, 3.8) is 0 Å². The van der Waals surface area contributed by atoms with Crippen LogP contribution in [0.25, 0.3) is 0 Å². The average Bonchev–Trinajstić information content (AvgIpc) is 2.92. The predicted octanol–water partition coefficient (Wildman–Crippen LogP) is 1.58. The Bertz CT molecular complexity index is 586. The molecule has 0 bridgehead atoms. The lowest BCUT2D eigenvalue weighted by Crippen LogP contribution is -2.31. The summed E-state index contributed by atoms with van der Waals surface area (Å²) < 4.78 is 20.9. The van der Waals surface area contributed by atoms with Crippen molar-refractivity contribution in [2.45, 2.75) is 32.4 Å². The van der Waals surface area contributed by atoms with Gasteiger partial charge in [-0.05, 0) is 12.5 Å². The summed E-state index contributed by atoms with van der Waals surface area (Å²) in [6.45, 7) is 2.84. The van der Waals surface area contributed by atoms with Crippen LogP contribution >= 0.6 is 0 Å². The molecule has 0 aliphatic heterocycles. The molecule has 0 aliphatic rings. The van der Waals surface area contributed by atoms with E-state index in [1.54, 1.807) is 12.1 Å². The molecule has 0 saturated heterocycles. The first-order valence-corrected chi connectivity index (χ1v) is 6.85. The van der Waals surface area contributed by atoms with Gasteiger partial charge in [-0.2, -0.15) is 5.10 Å². The Kier molecular flexibility index (Phi) is 5.24. The third-order valence-corrected chi connectivity index (χ3v) is 3.30. The van der Waals surface area contributed by atoms with Crippen molar-refractivity contribution in [3.8, 4) is 5.75 Å². The molecule has 0 saturated carbocycles. The molecule has 1 unspecified atom stereocenters. The molecule has 1 aromatic carbocycles. The Labute approximate surface area is 123 Å². The van der Waals surface area contributed by atoms with Gasteiger partial charge in [0.25, 0.3) is 0 Å². The molecule has 0 radical (unpaired) electrons. The largest absolute Gasteiger partial charge is 0.497 e. The number of aryl methyl sites for hydroxylation is 1. The maximum absolute atomic E-state index is 14.1. The van der Waals surface area contributed by atoms with Gasteiger partial charge in [-0.15, -0.1) is 0 Å². The number of rotatable bonds is 7. The van der Waals surface area contributed by atoms with Gasteiger partial charge in [0.15, 0.2) is 0 Å². The molecular weight excluding hydrogens is 273 g/mol. The summed E-state index contributed by atoms with van der Waals surface area (Å²) in [6.07, 6.45) is 2.91. The zero-order valence-electron chi connectivity index (χ0n) is 12.2. The van der Waals surface area contributed by atoms with Gasteiger partial charge in [0.05, 0.1) is 13.2 Å². The molecule has 6 nitrogen and oxygen atoms in total. The Hall–Kier alpha value is -1.99. The Morgan fingerprint density at radius 2 is 2.29 bits per heavy atom. The van der Waals surface area contributed by atoms with Gasteiger partial charge >= 0.3 is 0 Å². The average molecular weight is 293 g/mol. The quantitative estimate of drug-likeness (QED) is 0.598. The maximum atomic E-state index is 14.1. The van der Waals surface area contributed by atoms with Gasteiger partial charge in [-0.25, -0.2) is 9.37 Å². The molecule has 1 heterocycles. The van der Waals surface area contributed by atoms with Gasteiger partial charge in [0.1, 0.15) is 23.7 Å². The van der Waals surface area contributed by atoms with Crippen LogP contribution in [0.5, 0.6) is 5.75 Å². The minimum Gasteiger partial charge on any atom is -0.497 e. The van der Waals surface area contributed by atoms with E-state index in [2.05, 4.69) is 22.4 Å². The molecule has 2 aromatic rings. The summed E-state index contributed by atoms with van der Waals surface area (Å²) in [5.74, 6) is 6.46. The van der Waals surface area contributed by atoms with E-state index in [1.807, 2.05) is 4.68 Å². The van der Waals surface area contributed by atoms with Crippen LogP contribution in [0.3, 0.4) is 0 Å². The topological polar surface area (TPSA) is 78.0 Å². The van der Waals surface area contributed by atoms with Crippen LogP contribution in [-0.2, 0) is 13.0 Å². The molecule has 1 atom stereocenters. The van der Waals surface area contributed by atoms with Crippen molar-refractivity contribution in [2.75, 3.05) is 7.11 Å². The van der Waals surface area contributed by atoms with Crippen molar-refractivity contribution < 1.29 is 9.13 Å². The first-order chi connectivity index (χ1) is 10.2. The first-order valence-electron chi connectivity index (χ1n) is 6.85. The number of aromatic nitrogens is 3. The summed E-state index contributed by atoms with van der Waals surface area (Å²) in [5.41, 5.74) is 3.12. The van der Waals surface area contributed by atoms with Crippen LogP contribution < -0.4 is 16.0 Å². The smallest absolute Gasteiger partial charge is 0.138 e. The lowest BCUT2D eigenvalue weighted by atomic mass is 10.0. The van der Waals surface area contributed by atoms with E-state index < -0.39 is 0 Å². The van der Waals surface area contributed by atoms with Crippen molar-refractivity contribution in [3.05, 3.63) is 41.7 Å². The second-order valence-electron chi connectivity index (χ2n) is 4.71. The SMILES string of the molecule is CCCn1ncnc1CC(NN)c1ccc(OC)cc1F. The van der Waals surface area contributed by atoms with E-state index >= 15 is 0 Å². The number of ether oxygens (including phenoxy) is 1. The van der Waals surface area contributed by atoms with Crippen LogP contribution in [0.1, 0.15) is 30.8 Å². The van der Waals surface area contributed by atoms with Crippen molar-refractivity contribution in [1.29, 1.82) is 0 Å². The van der Waals surface area contributed by atoms with Crippen LogP contribution in [0.4, 0.5) is 4.39 Å². The second-order valence-corrected chi connectivity index (χ2v) is 4.71. The molecule has 0 fully saturated rings. The van der Waals surface area contributed by atoms with E-state index in [4.69, 9.17) is 10.6 Å². The van der Waals surface area contributed by atoms with Crippen molar-refractivity contribution in [2.24, 2.45) is 5.84 Å². The number of benzene rings is 1. The van der Waals surface area contributed by atoms with E-state index in [1.165, 1.54) is 19.5 Å². The monoisotopic (exact) mass is 293 g/mol. The van der Waals surface area contributed by atoms with Crippen molar-refractivity contribution >= 4 is 0 Å². The highest BCUT2D eigenvalue weighted by molar-refractivity contribution is 5.31. The van der Waals surface area contributed by atoms with Crippen molar-refractivity contribution in [1.82, 2.24) is 20.2 Å². The van der Waals surface area contributed by atoms with Gasteiger partial charge in [-0.3, -0.25) is 16.0 Å². The standard InChI is InChI=1S/C14H20FN5O/c1-3-6-20-14(17-9-18-20)8-13(19-16)11-5-4-10(21-2)7-12(11)15/h4-5,7,9,13,19H,3,6,8,16H2,1-2H3. The number of hydrogen-bond donors (Lipinski definition) is 2. The summed E-state index contributed by atoms with van der Waals surface area (Å²) >= 11 is 0. The summed E-state index contributed by atoms with van der Waals surface area (Å²) in [6, 6.07) is 4.34. The molecular formula is C14H20FN5O. The molecule has 0 amide bonds. The molecule has 3 N–H and O–H groups in total. The molecule has 114 valence electrons. The van der Waals surface area contributed by atoms with Gasteiger partial charge in [0, 0.05) is 24.6 Å². The van der Waals surface area contributed by atoms with Gasteiger partial charge < -0.3 is 4.74 Å². The molecule has 1 aromatic heterocycles. The number of hydrazine groups is 1. The van der Waals surface area contributed by atoms with E-state index in [0.717, 1.165) is 18.8 Å². The Morgan fingerprint density at radius 1 is 1.48 bits per heavy atom. The summed E-state index contributed by atoms with van der Waals surface area (Å²) in [4.78, 5) is 4.22. The zero-order chi connectivity index (χ0) is 15.2. The normalized spacial score (nSPS) is 12.4. The fraction of sp³-hybridized carbons (Fsp3) is 0.429. The number of methoxy groups -OCH3 is 1. The van der Waals surface area contributed by atoms with Crippen LogP contribution in [-0.4, -0.2) is 21.9 Å².